The first kappa shape index (κ1) is 23.4. The van der Waals surface area contributed by atoms with E-state index in [9.17, 15) is 18.4 Å². The second kappa shape index (κ2) is 9.25. The Morgan fingerprint density at radius 1 is 1.14 bits per heavy atom. The van der Waals surface area contributed by atoms with Gasteiger partial charge in [0.1, 0.15) is 22.7 Å². The SMILES string of the molecule is C=CC(=O)Nc1cn(C)nc1Nc1cc2oc(C(=O)c3c(F)c(OC)cc(OC)c3F)cc2cn1. The first-order chi connectivity index (χ1) is 16.7. The molecule has 0 saturated carbocycles. The number of halogens is 2. The van der Waals surface area contributed by atoms with E-state index < -0.39 is 28.9 Å². The molecule has 10 nitrogen and oxygen atoms in total. The second-order valence-electron chi connectivity index (χ2n) is 7.21. The number of hydrogen-bond donors (Lipinski definition) is 2. The van der Waals surface area contributed by atoms with Crippen LogP contribution in [-0.4, -0.2) is 40.7 Å². The molecule has 0 aliphatic heterocycles. The maximum Gasteiger partial charge on any atom is 0.247 e. The zero-order valence-corrected chi connectivity index (χ0v) is 18.8. The Hall–Kier alpha value is -4.74. The van der Waals surface area contributed by atoms with Crippen molar-refractivity contribution >= 4 is 40.0 Å². The van der Waals surface area contributed by atoms with Crippen molar-refractivity contribution < 1.29 is 32.3 Å². The molecule has 0 radical (unpaired) electrons. The monoisotopic (exact) mass is 483 g/mol. The quantitative estimate of drug-likeness (QED) is 0.286. The lowest BCUT2D eigenvalue weighted by atomic mass is 10.1. The van der Waals surface area contributed by atoms with Crippen LogP contribution in [0.4, 0.5) is 26.1 Å². The molecular formula is C23H19F2N5O5. The molecule has 2 N–H and O–H groups in total. The van der Waals surface area contributed by atoms with Crippen molar-refractivity contribution in [3.8, 4) is 11.5 Å². The first-order valence-electron chi connectivity index (χ1n) is 10.0. The van der Waals surface area contributed by atoms with Gasteiger partial charge in [0.15, 0.2) is 34.7 Å². The summed E-state index contributed by atoms with van der Waals surface area (Å²) in [5, 5.41) is 10.2. The number of nitrogens with one attached hydrogen (secondary N) is 2. The minimum absolute atomic E-state index is 0.217. The molecule has 0 unspecified atom stereocenters. The van der Waals surface area contributed by atoms with E-state index in [1.807, 2.05) is 0 Å². The van der Waals surface area contributed by atoms with Gasteiger partial charge < -0.3 is 24.5 Å². The Morgan fingerprint density at radius 3 is 2.46 bits per heavy atom. The van der Waals surface area contributed by atoms with Gasteiger partial charge in [-0.25, -0.2) is 13.8 Å². The van der Waals surface area contributed by atoms with Crippen molar-refractivity contribution in [2.24, 2.45) is 7.05 Å². The van der Waals surface area contributed by atoms with Crippen LogP contribution in [0.1, 0.15) is 16.1 Å². The Bertz CT molecular complexity index is 1450. The highest BCUT2D eigenvalue weighted by Crippen LogP contribution is 2.34. The Labute approximate surface area is 197 Å². The van der Waals surface area contributed by atoms with Crippen molar-refractivity contribution in [2.75, 3.05) is 24.9 Å². The molecule has 0 aliphatic carbocycles. The number of pyridine rings is 1. The number of rotatable bonds is 8. The number of benzene rings is 1. The number of fused-ring (bicyclic) bond motifs is 1. The highest BCUT2D eigenvalue weighted by atomic mass is 19.1. The largest absolute Gasteiger partial charge is 0.494 e. The van der Waals surface area contributed by atoms with E-state index in [1.165, 1.54) is 37.2 Å². The number of nitrogens with zero attached hydrogens (tertiary/aromatic N) is 3. The maximum absolute atomic E-state index is 14.8. The van der Waals surface area contributed by atoms with Crippen molar-refractivity contribution in [3.05, 3.63) is 66.2 Å². The molecule has 0 saturated heterocycles. The average molecular weight is 483 g/mol. The van der Waals surface area contributed by atoms with Crippen LogP contribution in [0.25, 0.3) is 11.0 Å². The molecule has 0 aliphatic rings. The number of amides is 1. The molecule has 0 atom stereocenters. The number of aryl methyl sites for hydroxylation is 1. The summed E-state index contributed by atoms with van der Waals surface area (Å²) < 4.78 is 46.3. The zero-order valence-electron chi connectivity index (χ0n) is 18.8. The molecule has 0 bridgehead atoms. The summed E-state index contributed by atoms with van der Waals surface area (Å²) in [6.07, 6.45) is 4.10. The van der Waals surface area contributed by atoms with Crippen LogP contribution in [0.15, 0.2) is 47.7 Å². The number of ketones is 1. The van der Waals surface area contributed by atoms with Crippen molar-refractivity contribution in [1.29, 1.82) is 0 Å². The lowest BCUT2D eigenvalue weighted by Gasteiger charge is -2.11. The Balaban J connectivity index is 1.68. The third-order valence-electron chi connectivity index (χ3n) is 4.94. The lowest BCUT2D eigenvalue weighted by Crippen LogP contribution is -2.09. The lowest BCUT2D eigenvalue weighted by molar-refractivity contribution is -0.111. The summed E-state index contributed by atoms with van der Waals surface area (Å²) in [6, 6.07) is 3.79. The number of carbonyl (C=O) groups is 2. The normalized spacial score (nSPS) is 10.8. The Morgan fingerprint density at radius 2 is 1.83 bits per heavy atom. The van der Waals surface area contributed by atoms with Gasteiger partial charge in [0.2, 0.25) is 11.7 Å². The number of aromatic nitrogens is 3. The number of ether oxygens (including phenoxy) is 2. The summed E-state index contributed by atoms with van der Waals surface area (Å²) in [6.45, 7) is 3.41. The van der Waals surface area contributed by atoms with Gasteiger partial charge in [0, 0.05) is 30.8 Å². The second-order valence-corrected chi connectivity index (χ2v) is 7.21. The minimum atomic E-state index is -1.18. The van der Waals surface area contributed by atoms with Crippen LogP contribution >= 0.6 is 0 Å². The van der Waals surface area contributed by atoms with Gasteiger partial charge in [-0.1, -0.05) is 6.58 Å². The molecule has 4 aromatic rings. The highest BCUT2D eigenvalue weighted by Gasteiger charge is 2.28. The fraction of sp³-hybridized carbons (Fsp3) is 0.130. The van der Waals surface area contributed by atoms with Crippen LogP contribution in [0.2, 0.25) is 0 Å². The fourth-order valence-corrected chi connectivity index (χ4v) is 3.30. The summed E-state index contributed by atoms with van der Waals surface area (Å²) in [5.74, 6) is -4.28. The summed E-state index contributed by atoms with van der Waals surface area (Å²) in [5.41, 5.74) is -0.274. The van der Waals surface area contributed by atoms with E-state index in [0.29, 0.717) is 16.9 Å². The molecule has 0 fully saturated rings. The average Bonchev–Trinajstić information content (AvgIpc) is 3.41. The topological polar surface area (TPSA) is 121 Å². The van der Waals surface area contributed by atoms with Crippen LogP contribution < -0.4 is 20.1 Å². The third-order valence-corrected chi connectivity index (χ3v) is 4.94. The molecule has 0 spiro atoms. The van der Waals surface area contributed by atoms with Crippen LogP contribution in [0.5, 0.6) is 11.5 Å². The first-order valence-corrected chi connectivity index (χ1v) is 10.0. The standard InChI is InChI=1S/C23H19F2N5O5/c1-5-18(31)27-12-10-30(2)29-23(12)28-17-8-13-11(9-26-17)6-16(35-13)22(32)19-20(24)14(33-3)7-15(34-4)21(19)25/h5-10H,1H2,2-4H3,(H,27,31)(H,26,28,29). The van der Waals surface area contributed by atoms with Gasteiger partial charge in [-0.3, -0.25) is 14.3 Å². The molecule has 180 valence electrons. The van der Waals surface area contributed by atoms with Crippen LogP contribution in [-0.2, 0) is 11.8 Å². The van der Waals surface area contributed by atoms with E-state index in [-0.39, 0.29) is 28.7 Å². The van der Waals surface area contributed by atoms with E-state index in [1.54, 1.807) is 13.2 Å². The third kappa shape index (κ3) is 4.40. The number of anilines is 3. The highest BCUT2D eigenvalue weighted by molar-refractivity contribution is 6.10. The Kier molecular flexibility index (Phi) is 6.19. The van der Waals surface area contributed by atoms with E-state index in [2.05, 4.69) is 27.3 Å². The van der Waals surface area contributed by atoms with Gasteiger partial charge in [0.25, 0.3) is 0 Å². The number of hydrogen-bond acceptors (Lipinski definition) is 8. The van der Waals surface area contributed by atoms with E-state index in [0.717, 1.165) is 12.1 Å². The number of methoxy groups -OCH3 is 2. The van der Waals surface area contributed by atoms with Gasteiger partial charge >= 0.3 is 0 Å². The van der Waals surface area contributed by atoms with Gasteiger partial charge in [-0.15, -0.1) is 0 Å². The van der Waals surface area contributed by atoms with E-state index >= 15 is 0 Å². The van der Waals surface area contributed by atoms with Crippen LogP contribution in [0.3, 0.4) is 0 Å². The fourth-order valence-electron chi connectivity index (χ4n) is 3.30. The summed E-state index contributed by atoms with van der Waals surface area (Å²) in [7, 11) is 4.03. The molecule has 1 amide bonds. The van der Waals surface area contributed by atoms with Gasteiger partial charge in [-0.05, 0) is 12.1 Å². The smallest absolute Gasteiger partial charge is 0.247 e. The summed E-state index contributed by atoms with van der Waals surface area (Å²) >= 11 is 0. The van der Waals surface area contributed by atoms with Crippen LogP contribution in [0, 0.1) is 11.6 Å². The molecule has 12 heteroatoms. The van der Waals surface area contributed by atoms with E-state index in [4.69, 9.17) is 13.9 Å². The number of carbonyl (C=O) groups excluding carboxylic acids is 2. The molecule has 1 aromatic carbocycles. The predicted molar refractivity (Wildman–Crippen MR) is 122 cm³/mol. The molecule has 4 rings (SSSR count). The summed E-state index contributed by atoms with van der Waals surface area (Å²) in [4.78, 5) is 28.9. The predicted octanol–water partition coefficient (Wildman–Crippen LogP) is 3.96. The van der Waals surface area contributed by atoms with Gasteiger partial charge in [-0.2, -0.15) is 5.10 Å². The molecule has 35 heavy (non-hydrogen) atoms. The van der Waals surface area contributed by atoms with Crippen molar-refractivity contribution in [1.82, 2.24) is 14.8 Å². The maximum atomic E-state index is 14.8. The molecular weight excluding hydrogens is 464 g/mol. The molecule has 3 heterocycles. The van der Waals surface area contributed by atoms with Crippen molar-refractivity contribution in [2.45, 2.75) is 0 Å². The zero-order chi connectivity index (χ0) is 25.3. The minimum Gasteiger partial charge on any atom is -0.494 e. The van der Waals surface area contributed by atoms with Crippen molar-refractivity contribution in [3.63, 3.8) is 0 Å². The van der Waals surface area contributed by atoms with Gasteiger partial charge in [0.05, 0.1) is 20.4 Å². The number of furan rings is 1. The molecule has 3 aromatic heterocycles.